The van der Waals surface area contributed by atoms with Crippen LogP contribution < -0.4 is 16.6 Å². The van der Waals surface area contributed by atoms with Crippen molar-refractivity contribution < 1.29 is 4.79 Å². The number of nitrogens with zero attached hydrogens (tertiary/aromatic N) is 1. The number of carbonyl (C=O) groups excluding carboxylic acids is 1. The molecule has 0 aliphatic carbocycles. The third-order valence-electron chi connectivity index (χ3n) is 2.33. The molecule has 1 aromatic rings. The first-order chi connectivity index (χ1) is 7.65. The molecule has 6 nitrogen and oxygen atoms in total. The Morgan fingerprint density at radius 2 is 2.38 bits per heavy atom. The maximum absolute atomic E-state index is 11.5. The van der Waals surface area contributed by atoms with Gasteiger partial charge in [-0.1, -0.05) is 13.3 Å². The van der Waals surface area contributed by atoms with Crippen LogP contribution in [0.25, 0.3) is 0 Å². The molecular weight excluding hydrogens is 208 g/mol. The quantitative estimate of drug-likeness (QED) is 0.659. The molecule has 0 aliphatic heterocycles. The third kappa shape index (κ3) is 3.82. The number of nitrogens with two attached hydrogens (primary N) is 1. The van der Waals surface area contributed by atoms with Gasteiger partial charge in [-0.2, -0.15) is 5.10 Å². The van der Waals surface area contributed by atoms with E-state index in [4.69, 9.17) is 5.73 Å². The van der Waals surface area contributed by atoms with Gasteiger partial charge in [-0.3, -0.25) is 9.59 Å². The summed E-state index contributed by atoms with van der Waals surface area (Å²) < 4.78 is 0. The van der Waals surface area contributed by atoms with Crippen LogP contribution in [0.3, 0.4) is 0 Å². The van der Waals surface area contributed by atoms with Crippen molar-refractivity contribution >= 4 is 11.7 Å². The predicted molar refractivity (Wildman–Crippen MR) is 60.9 cm³/mol. The van der Waals surface area contributed by atoms with Crippen LogP contribution in [0.5, 0.6) is 0 Å². The van der Waals surface area contributed by atoms with Gasteiger partial charge in [0.05, 0.1) is 0 Å². The van der Waals surface area contributed by atoms with Crippen LogP contribution in [0.2, 0.25) is 0 Å². The smallest absolute Gasteiger partial charge is 0.264 e. The van der Waals surface area contributed by atoms with Crippen molar-refractivity contribution in [2.45, 2.75) is 19.8 Å². The SMILES string of the molecule is CCC(CN)CC(=O)Nc1ccc(=O)[nH]n1. The maximum atomic E-state index is 11.5. The molecular formula is C10H16N4O2. The summed E-state index contributed by atoms with van der Waals surface area (Å²) in [6.45, 7) is 2.48. The Hall–Kier alpha value is -1.69. The zero-order valence-corrected chi connectivity index (χ0v) is 9.19. The number of H-pyrrole nitrogens is 1. The van der Waals surface area contributed by atoms with Crippen LogP contribution in [-0.2, 0) is 4.79 Å². The first kappa shape index (κ1) is 12.4. The lowest BCUT2D eigenvalue weighted by Gasteiger charge is -2.11. The zero-order chi connectivity index (χ0) is 12.0. The molecule has 0 saturated heterocycles. The fourth-order valence-electron chi connectivity index (χ4n) is 1.26. The summed E-state index contributed by atoms with van der Waals surface area (Å²) in [7, 11) is 0. The molecule has 0 radical (unpaired) electrons. The number of hydrogen-bond donors (Lipinski definition) is 3. The van der Waals surface area contributed by atoms with E-state index < -0.39 is 0 Å². The lowest BCUT2D eigenvalue weighted by atomic mass is 10.0. The summed E-state index contributed by atoms with van der Waals surface area (Å²) in [4.78, 5) is 22.3. The number of aromatic amines is 1. The van der Waals surface area contributed by atoms with Gasteiger partial charge in [-0.25, -0.2) is 5.10 Å². The summed E-state index contributed by atoms with van der Waals surface area (Å²) in [6, 6.07) is 2.77. The molecule has 0 aliphatic rings. The minimum Gasteiger partial charge on any atom is -0.330 e. The number of anilines is 1. The van der Waals surface area contributed by atoms with E-state index in [0.29, 0.717) is 18.8 Å². The average molecular weight is 224 g/mol. The molecule has 1 amide bonds. The van der Waals surface area contributed by atoms with E-state index in [1.807, 2.05) is 6.92 Å². The molecule has 1 heterocycles. The topological polar surface area (TPSA) is 101 Å². The highest BCUT2D eigenvalue weighted by Crippen LogP contribution is 2.07. The molecule has 1 atom stereocenters. The minimum absolute atomic E-state index is 0.142. The van der Waals surface area contributed by atoms with Crippen molar-refractivity contribution in [1.82, 2.24) is 10.2 Å². The Labute approximate surface area is 93.2 Å². The highest BCUT2D eigenvalue weighted by molar-refractivity contribution is 5.89. The molecule has 1 rings (SSSR count). The first-order valence-electron chi connectivity index (χ1n) is 5.21. The second-order valence-electron chi connectivity index (χ2n) is 3.57. The normalized spacial score (nSPS) is 12.1. The van der Waals surface area contributed by atoms with Crippen LogP contribution in [0.15, 0.2) is 16.9 Å². The van der Waals surface area contributed by atoms with Gasteiger partial charge < -0.3 is 11.1 Å². The van der Waals surface area contributed by atoms with Crippen LogP contribution in [0.4, 0.5) is 5.82 Å². The van der Waals surface area contributed by atoms with Crippen LogP contribution in [-0.4, -0.2) is 22.6 Å². The highest BCUT2D eigenvalue weighted by atomic mass is 16.1. The Morgan fingerprint density at radius 1 is 1.62 bits per heavy atom. The van der Waals surface area contributed by atoms with Gasteiger partial charge >= 0.3 is 0 Å². The number of hydrogen-bond acceptors (Lipinski definition) is 4. The van der Waals surface area contributed by atoms with Crippen molar-refractivity contribution in [2.75, 3.05) is 11.9 Å². The molecule has 0 bridgehead atoms. The summed E-state index contributed by atoms with van der Waals surface area (Å²) in [5.74, 6) is 0.385. The van der Waals surface area contributed by atoms with Crippen molar-refractivity contribution in [1.29, 1.82) is 0 Å². The van der Waals surface area contributed by atoms with Crippen LogP contribution in [0, 0.1) is 5.92 Å². The largest absolute Gasteiger partial charge is 0.330 e. The molecule has 16 heavy (non-hydrogen) atoms. The van der Waals surface area contributed by atoms with Crippen molar-refractivity contribution in [3.8, 4) is 0 Å². The van der Waals surface area contributed by atoms with E-state index in [1.54, 1.807) is 0 Å². The molecule has 4 N–H and O–H groups in total. The van der Waals surface area contributed by atoms with Gasteiger partial charge in [0, 0.05) is 12.5 Å². The standard InChI is InChI=1S/C10H16N4O2/c1-2-7(6-11)5-10(16)12-8-3-4-9(15)14-13-8/h3-4,7H,2,5-6,11H2,1H3,(H,14,15)(H,12,13,16). The molecule has 1 aromatic heterocycles. The van der Waals surface area contributed by atoms with Gasteiger partial charge in [0.1, 0.15) is 0 Å². The molecule has 0 saturated carbocycles. The van der Waals surface area contributed by atoms with Gasteiger partial charge in [-0.15, -0.1) is 0 Å². The van der Waals surface area contributed by atoms with Crippen molar-refractivity contribution in [3.63, 3.8) is 0 Å². The van der Waals surface area contributed by atoms with Crippen molar-refractivity contribution in [2.24, 2.45) is 11.7 Å². The van der Waals surface area contributed by atoms with E-state index >= 15 is 0 Å². The van der Waals surface area contributed by atoms with Gasteiger partial charge in [0.2, 0.25) is 5.91 Å². The maximum Gasteiger partial charge on any atom is 0.264 e. The summed E-state index contributed by atoms with van der Waals surface area (Å²) in [5.41, 5.74) is 5.20. The minimum atomic E-state index is -0.300. The predicted octanol–water partition coefficient (Wildman–Crippen LogP) is 0.0834. The van der Waals surface area contributed by atoms with Crippen LogP contribution in [0.1, 0.15) is 19.8 Å². The molecule has 0 aromatic carbocycles. The third-order valence-corrected chi connectivity index (χ3v) is 2.33. The summed E-state index contributed by atoms with van der Waals surface area (Å²) in [6.07, 6.45) is 1.23. The van der Waals surface area contributed by atoms with Crippen molar-refractivity contribution in [3.05, 3.63) is 22.5 Å². The number of amides is 1. The van der Waals surface area contributed by atoms with E-state index in [9.17, 15) is 9.59 Å². The fourth-order valence-corrected chi connectivity index (χ4v) is 1.26. The molecule has 0 spiro atoms. The van der Waals surface area contributed by atoms with Gasteiger partial charge in [-0.05, 0) is 18.5 Å². The molecule has 88 valence electrons. The van der Waals surface area contributed by atoms with E-state index in [0.717, 1.165) is 6.42 Å². The lowest BCUT2D eigenvalue weighted by Crippen LogP contribution is -2.22. The van der Waals surface area contributed by atoms with Crippen LogP contribution >= 0.6 is 0 Å². The highest BCUT2D eigenvalue weighted by Gasteiger charge is 2.10. The molecule has 1 unspecified atom stereocenters. The Kier molecular flexibility index (Phi) is 4.65. The number of carbonyl (C=O) groups is 1. The van der Waals surface area contributed by atoms with E-state index in [-0.39, 0.29) is 17.4 Å². The first-order valence-corrected chi connectivity index (χ1v) is 5.21. The second-order valence-corrected chi connectivity index (χ2v) is 3.57. The van der Waals surface area contributed by atoms with Gasteiger partial charge in [0.15, 0.2) is 5.82 Å². The Bertz CT molecular complexity index is 378. The summed E-state index contributed by atoms with van der Waals surface area (Å²) in [5, 5.41) is 8.51. The number of nitrogens with one attached hydrogen (secondary N) is 2. The Balaban J connectivity index is 2.51. The lowest BCUT2D eigenvalue weighted by molar-refractivity contribution is -0.117. The van der Waals surface area contributed by atoms with E-state index in [2.05, 4.69) is 15.5 Å². The fraction of sp³-hybridized carbons (Fsp3) is 0.500. The number of rotatable bonds is 5. The second kappa shape index (κ2) is 6.02. The summed E-state index contributed by atoms with van der Waals surface area (Å²) >= 11 is 0. The zero-order valence-electron chi connectivity index (χ0n) is 9.19. The van der Waals surface area contributed by atoms with E-state index in [1.165, 1.54) is 12.1 Å². The monoisotopic (exact) mass is 224 g/mol. The molecule has 6 heteroatoms. The Morgan fingerprint density at radius 3 is 2.88 bits per heavy atom. The molecule has 0 fully saturated rings. The number of aromatic nitrogens is 2. The van der Waals surface area contributed by atoms with Gasteiger partial charge in [0.25, 0.3) is 5.56 Å². The average Bonchev–Trinajstić information content (AvgIpc) is 2.29.